The molecule has 0 heterocycles. The Hall–Kier alpha value is -3.60. The van der Waals surface area contributed by atoms with Crippen LogP contribution in [0.25, 0.3) is 0 Å². The summed E-state index contributed by atoms with van der Waals surface area (Å²) in [6.07, 6.45) is 0.407. The standard InChI is InChI=1S/C31H38N2O3/c1-22-16-17-27(18-24(22)3)36-21-29(34)33(20-26-15-11-10-12-23(26)2)28(30(35)32-31(4,5)6)19-25-13-8-7-9-14-25/h7-18,28H,19-21H2,1-6H3,(H,32,35)/t28-/m0/s1. The third-order valence-corrected chi connectivity index (χ3v) is 6.21. The second kappa shape index (κ2) is 11.9. The molecule has 3 aromatic carbocycles. The molecule has 0 fully saturated rings. The van der Waals surface area contributed by atoms with E-state index >= 15 is 0 Å². The van der Waals surface area contributed by atoms with Crippen LogP contribution in [-0.2, 0) is 22.6 Å². The highest BCUT2D eigenvalue weighted by Gasteiger charge is 2.32. The van der Waals surface area contributed by atoms with E-state index in [1.165, 1.54) is 0 Å². The summed E-state index contributed by atoms with van der Waals surface area (Å²) in [5.74, 6) is 0.224. The first-order chi connectivity index (χ1) is 17.0. The van der Waals surface area contributed by atoms with E-state index in [1.54, 1.807) is 4.90 Å². The van der Waals surface area contributed by atoms with Crippen LogP contribution in [0.15, 0.2) is 72.8 Å². The van der Waals surface area contributed by atoms with Crippen LogP contribution in [0.5, 0.6) is 5.75 Å². The lowest BCUT2D eigenvalue weighted by Gasteiger charge is -2.34. The van der Waals surface area contributed by atoms with Crippen LogP contribution in [0.4, 0.5) is 0 Å². The number of ether oxygens (including phenoxy) is 1. The fourth-order valence-corrected chi connectivity index (χ4v) is 4.01. The monoisotopic (exact) mass is 486 g/mol. The van der Waals surface area contributed by atoms with Crippen molar-refractivity contribution in [1.82, 2.24) is 10.2 Å². The third kappa shape index (κ3) is 7.70. The molecule has 3 rings (SSSR count). The van der Waals surface area contributed by atoms with Gasteiger partial charge in [-0.05, 0) is 81.5 Å². The Morgan fingerprint density at radius 1 is 0.861 bits per heavy atom. The van der Waals surface area contributed by atoms with E-state index in [-0.39, 0.29) is 18.4 Å². The van der Waals surface area contributed by atoms with Gasteiger partial charge in [0.2, 0.25) is 5.91 Å². The maximum absolute atomic E-state index is 13.7. The topological polar surface area (TPSA) is 58.6 Å². The number of aryl methyl sites for hydroxylation is 3. The molecular formula is C31H38N2O3. The largest absolute Gasteiger partial charge is 0.484 e. The summed E-state index contributed by atoms with van der Waals surface area (Å²) in [6, 6.07) is 22.9. The van der Waals surface area contributed by atoms with Gasteiger partial charge in [-0.15, -0.1) is 0 Å². The summed E-state index contributed by atoms with van der Waals surface area (Å²) in [5.41, 5.74) is 4.89. The number of benzene rings is 3. The SMILES string of the molecule is Cc1ccc(OCC(=O)N(Cc2ccccc2C)[C@@H](Cc2ccccc2)C(=O)NC(C)(C)C)cc1C. The summed E-state index contributed by atoms with van der Waals surface area (Å²) < 4.78 is 5.91. The van der Waals surface area contributed by atoms with Crippen LogP contribution in [0.2, 0.25) is 0 Å². The summed E-state index contributed by atoms with van der Waals surface area (Å²) in [5, 5.41) is 3.09. The normalized spacial score (nSPS) is 12.1. The Balaban J connectivity index is 1.94. The molecule has 1 atom stereocenters. The van der Waals surface area contributed by atoms with Gasteiger partial charge >= 0.3 is 0 Å². The summed E-state index contributed by atoms with van der Waals surface area (Å²) in [4.78, 5) is 29.0. The number of nitrogens with zero attached hydrogens (tertiary/aromatic N) is 1. The second-order valence-electron chi connectivity index (χ2n) is 10.4. The predicted molar refractivity (Wildman–Crippen MR) is 145 cm³/mol. The number of rotatable bonds is 9. The minimum Gasteiger partial charge on any atom is -0.484 e. The molecule has 190 valence electrons. The van der Waals surface area contributed by atoms with E-state index in [4.69, 9.17) is 4.74 Å². The van der Waals surface area contributed by atoms with E-state index in [9.17, 15) is 9.59 Å². The molecule has 0 radical (unpaired) electrons. The molecule has 5 heteroatoms. The maximum atomic E-state index is 13.7. The minimum absolute atomic E-state index is 0.150. The van der Waals surface area contributed by atoms with Crippen molar-refractivity contribution in [3.05, 3.63) is 101 Å². The van der Waals surface area contributed by atoms with Crippen molar-refractivity contribution < 1.29 is 14.3 Å². The van der Waals surface area contributed by atoms with Crippen LogP contribution in [0.1, 0.15) is 48.6 Å². The Labute approximate surface area is 215 Å². The molecule has 3 aromatic rings. The van der Waals surface area contributed by atoms with E-state index in [1.807, 2.05) is 114 Å². The smallest absolute Gasteiger partial charge is 0.261 e. The second-order valence-corrected chi connectivity index (χ2v) is 10.4. The highest BCUT2D eigenvalue weighted by atomic mass is 16.5. The highest BCUT2D eigenvalue weighted by Crippen LogP contribution is 2.20. The van der Waals surface area contributed by atoms with Gasteiger partial charge in [-0.1, -0.05) is 60.7 Å². The van der Waals surface area contributed by atoms with Gasteiger partial charge in [0.25, 0.3) is 5.91 Å². The molecule has 0 saturated carbocycles. The third-order valence-electron chi connectivity index (χ3n) is 6.21. The van der Waals surface area contributed by atoms with Crippen LogP contribution in [-0.4, -0.2) is 34.9 Å². The zero-order valence-corrected chi connectivity index (χ0v) is 22.3. The molecular weight excluding hydrogens is 448 g/mol. The average molecular weight is 487 g/mol. The number of amides is 2. The van der Waals surface area contributed by atoms with Gasteiger partial charge in [-0.3, -0.25) is 9.59 Å². The molecule has 0 spiro atoms. The van der Waals surface area contributed by atoms with Crippen molar-refractivity contribution >= 4 is 11.8 Å². The number of carbonyl (C=O) groups excluding carboxylic acids is 2. The van der Waals surface area contributed by atoms with Gasteiger partial charge in [0, 0.05) is 18.5 Å². The molecule has 0 aliphatic carbocycles. The van der Waals surface area contributed by atoms with Crippen molar-refractivity contribution in [2.24, 2.45) is 0 Å². The van der Waals surface area contributed by atoms with Crippen LogP contribution >= 0.6 is 0 Å². The van der Waals surface area contributed by atoms with Crippen LogP contribution < -0.4 is 10.1 Å². The Morgan fingerprint density at radius 3 is 2.17 bits per heavy atom. The Bertz CT molecular complexity index is 1180. The predicted octanol–water partition coefficient (Wildman–Crippen LogP) is 5.55. The molecule has 0 unspecified atom stereocenters. The molecule has 0 aliphatic heterocycles. The van der Waals surface area contributed by atoms with Gasteiger partial charge in [0.05, 0.1) is 0 Å². The van der Waals surface area contributed by atoms with E-state index in [0.29, 0.717) is 18.7 Å². The fraction of sp³-hybridized carbons (Fsp3) is 0.355. The van der Waals surface area contributed by atoms with Crippen LogP contribution in [0.3, 0.4) is 0 Å². The number of hydrogen-bond donors (Lipinski definition) is 1. The van der Waals surface area contributed by atoms with E-state index in [2.05, 4.69) is 5.32 Å². The van der Waals surface area contributed by atoms with Crippen molar-refractivity contribution in [3.63, 3.8) is 0 Å². The molecule has 0 saturated heterocycles. The van der Waals surface area contributed by atoms with Crippen molar-refractivity contribution in [2.75, 3.05) is 6.61 Å². The van der Waals surface area contributed by atoms with Crippen molar-refractivity contribution in [1.29, 1.82) is 0 Å². The summed E-state index contributed by atoms with van der Waals surface area (Å²) in [7, 11) is 0. The van der Waals surface area contributed by atoms with Crippen molar-refractivity contribution in [2.45, 2.75) is 66.1 Å². The minimum atomic E-state index is -0.693. The quantitative estimate of drug-likeness (QED) is 0.432. The average Bonchev–Trinajstić information content (AvgIpc) is 2.82. The summed E-state index contributed by atoms with van der Waals surface area (Å²) >= 11 is 0. The van der Waals surface area contributed by atoms with Gasteiger partial charge in [0.1, 0.15) is 11.8 Å². The van der Waals surface area contributed by atoms with Crippen LogP contribution in [0, 0.1) is 20.8 Å². The first-order valence-electron chi connectivity index (χ1n) is 12.4. The molecule has 1 N–H and O–H groups in total. The lowest BCUT2D eigenvalue weighted by Crippen LogP contribution is -2.55. The summed E-state index contributed by atoms with van der Waals surface area (Å²) in [6.45, 7) is 12.1. The van der Waals surface area contributed by atoms with Gasteiger partial charge < -0.3 is 15.0 Å². The molecule has 0 aliphatic rings. The maximum Gasteiger partial charge on any atom is 0.261 e. The first kappa shape index (κ1) is 27.0. The van der Waals surface area contributed by atoms with Gasteiger partial charge in [0.15, 0.2) is 6.61 Å². The number of nitrogens with one attached hydrogen (secondary N) is 1. The lowest BCUT2D eigenvalue weighted by atomic mass is 10.00. The highest BCUT2D eigenvalue weighted by molar-refractivity contribution is 5.89. The number of hydrogen-bond acceptors (Lipinski definition) is 3. The molecule has 5 nitrogen and oxygen atoms in total. The van der Waals surface area contributed by atoms with Crippen molar-refractivity contribution in [3.8, 4) is 5.75 Å². The first-order valence-corrected chi connectivity index (χ1v) is 12.4. The zero-order valence-electron chi connectivity index (χ0n) is 22.3. The van der Waals surface area contributed by atoms with E-state index < -0.39 is 11.6 Å². The van der Waals surface area contributed by atoms with Gasteiger partial charge in [-0.2, -0.15) is 0 Å². The molecule has 2 amide bonds. The van der Waals surface area contributed by atoms with E-state index in [0.717, 1.165) is 27.8 Å². The molecule has 36 heavy (non-hydrogen) atoms. The molecule has 0 bridgehead atoms. The molecule has 0 aromatic heterocycles. The fourth-order valence-electron chi connectivity index (χ4n) is 4.01. The Morgan fingerprint density at radius 2 is 1.53 bits per heavy atom. The van der Waals surface area contributed by atoms with Gasteiger partial charge in [-0.25, -0.2) is 0 Å². The lowest BCUT2D eigenvalue weighted by molar-refractivity contribution is -0.143. The Kier molecular flexibility index (Phi) is 8.92. The zero-order chi connectivity index (χ0) is 26.3. The number of carbonyl (C=O) groups is 2.